The predicted molar refractivity (Wildman–Crippen MR) is 116 cm³/mol. The number of aromatic nitrogens is 1. The highest BCUT2D eigenvalue weighted by atomic mass is 16.7. The number of nitrogens with one attached hydrogen (secondary N) is 2. The molecule has 7 heteroatoms. The minimum absolute atomic E-state index is 0.0805. The average molecular weight is 415 g/mol. The van der Waals surface area contributed by atoms with E-state index < -0.39 is 5.41 Å². The maximum Gasteiger partial charge on any atom is 0.236 e. The van der Waals surface area contributed by atoms with E-state index in [0.29, 0.717) is 28.7 Å². The van der Waals surface area contributed by atoms with Gasteiger partial charge in [0, 0.05) is 18.2 Å². The third kappa shape index (κ3) is 3.70. The van der Waals surface area contributed by atoms with Gasteiger partial charge in [-0.05, 0) is 54.8 Å². The number of anilines is 2. The molecule has 1 saturated carbocycles. The van der Waals surface area contributed by atoms with Crippen LogP contribution in [0.25, 0.3) is 11.3 Å². The smallest absolute Gasteiger partial charge is 0.236 e. The van der Waals surface area contributed by atoms with Crippen LogP contribution >= 0.6 is 0 Å². The van der Waals surface area contributed by atoms with Gasteiger partial charge in [0.1, 0.15) is 5.82 Å². The number of rotatable bonds is 5. The molecule has 1 fully saturated rings. The summed E-state index contributed by atoms with van der Waals surface area (Å²) in [6.45, 7) is 1.67. The summed E-state index contributed by atoms with van der Waals surface area (Å²) in [6.07, 6.45) is 1.55. The summed E-state index contributed by atoms with van der Waals surface area (Å²) < 4.78 is 10.8. The third-order valence-electron chi connectivity index (χ3n) is 5.58. The number of benzene rings is 2. The first kappa shape index (κ1) is 19.1. The molecule has 2 N–H and O–H groups in total. The Kier molecular flexibility index (Phi) is 4.58. The van der Waals surface area contributed by atoms with Gasteiger partial charge in [0.15, 0.2) is 11.5 Å². The lowest BCUT2D eigenvalue weighted by molar-refractivity contribution is -0.118. The number of nitrogens with zero attached hydrogens (tertiary/aromatic N) is 1. The minimum atomic E-state index is -0.565. The Bertz CT molecular complexity index is 1190. The predicted octanol–water partition coefficient (Wildman–Crippen LogP) is 4.11. The van der Waals surface area contributed by atoms with Crippen molar-refractivity contribution in [3.63, 3.8) is 0 Å². The molecule has 31 heavy (non-hydrogen) atoms. The lowest BCUT2D eigenvalue weighted by atomic mass is 9.94. The maximum absolute atomic E-state index is 13.1. The van der Waals surface area contributed by atoms with Crippen LogP contribution in [-0.2, 0) is 15.0 Å². The quantitative estimate of drug-likeness (QED) is 0.655. The van der Waals surface area contributed by atoms with Gasteiger partial charge in [-0.3, -0.25) is 9.59 Å². The molecule has 1 aliphatic carbocycles. The van der Waals surface area contributed by atoms with Crippen molar-refractivity contribution >= 4 is 23.3 Å². The van der Waals surface area contributed by atoms with E-state index in [0.717, 1.165) is 24.0 Å². The fraction of sp³-hybridized carbons (Fsp3) is 0.208. The van der Waals surface area contributed by atoms with E-state index in [-0.39, 0.29) is 18.6 Å². The second-order valence-corrected chi connectivity index (χ2v) is 7.77. The summed E-state index contributed by atoms with van der Waals surface area (Å²) in [6, 6.07) is 18.6. The van der Waals surface area contributed by atoms with Crippen molar-refractivity contribution in [1.29, 1.82) is 0 Å². The maximum atomic E-state index is 13.1. The zero-order chi connectivity index (χ0) is 21.4. The van der Waals surface area contributed by atoms with Crippen LogP contribution in [0.4, 0.5) is 11.5 Å². The van der Waals surface area contributed by atoms with E-state index >= 15 is 0 Å². The van der Waals surface area contributed by atoms with E-state index in [1.807, 2.05) is 54.6 Å². The highest BCUT2D eigenvalue weighted by Gasteiger charge is 2.51. The second kappa shape index (κ2) is 7.43. The molecule has 0 bridgehead atoms. The molecule has 7 nitrogen and oxygen atoms in total. The van der Waals surface area contributed by atoms with E-state index in [9.17, 15) is 9.59 Å². The molecule has 2 aromatic carbocycles. The Morgan fingerprint density at radius 2 is 1.74 bits per heavy atom. The zero-order valence-corrected chi connectivity index (χ0v) is 17.0. The molecule has 2 heterocycles. The first-order valence-corrected chi connectivity index (χ1v) is 10.1. The van der Waals surface area contributed by atoms with Crippen LogP contribution in [0, 0.1) is 0 Å². The number of fused-ring (bicyclic) bond motifs is 1. The van der Waals surface area contributed by atoms with Crippen LogP contribution in [0.5, 0.6) is 11.5 Å². The first-order valence-electron chi connectivity index (χ1n) is 10.1. The molecular formula is C24H21N3O4. The number of ether oxygens (including phenoxy) is 2. The van der Waals surface area contributed by atoms with Gasteiger partial charge < -0.3 is 20.1 Å². The minimum Gasteiger partial charge on any atom is -0.454 e. The highest BCUT2D eigenvalue weighted by Crippen LogP contribution is 2.51. The van der Waals surface area contributed by atoms with E-state index in [1.165, 1.54) is 6.92 Å². The standard InChI is InChI=1S/C24H21N3O4/c1-15(28)25-18-5-2-4-16(12-18)19-6-3-7-22(26-19)27-23(29)24(10-11-24)17-8-9-20-21(13-17)31-14-30-20/h2-9,12-13H,10-11,14H2,1H3,(H,25,28)(H,26,27,29). The van der Waals surface area contributed by atoms with Gasteiger partial charge in [0.2, 0.25) is 18.6 Å². The summed E-state index contributed by atoms with van der Waals surface area (Å²) in [7, 11) is 0. The van der Waals surface area contributed by atoms with Crippen LogP contribution in [0.3, 0.4) is 0 Å². The van der Waals surface area contributed by atoms with Crippen molar-refractivity contribution in [2.75, 3.05) is 17.4 Å². The molecule has 156 valence electrons. The lowest BCUT2D eigenvalue weighted by Crippen LogP contribution is -2.28. The van der Waals surface area contributed by atoms with Gasteiger partial charge in [0.05, 0.1) is 11.1 Å². The van der Waals surface area contributed by atoms with Gasteiger partial charge in [0.25, 0.3) is 0 Å². The Morgan fingerprint density at radius 1 is 0.935 bits per heavy atom. The number of carbonyl (C=O) groups excluding carboxylic acids is 2. The number of hydrogen-bond acceptors (Lipinski definition) is 5. The Morgan fingerprint density at radius 3 is 2.55 bits per heavy atom. The van der Waals surface area contributed by atoms with Crippen molar-refractivity contribution in [3.05, 3.63) is 66.2 Å². The summed E-state index contributed by atoms with van der Waals surface area (Å²) in [5.41, 5.74) is 2.61. The number of hydrogen-bond donors (Lipinski definition) is 2. The number of amides is 2. The molecule has 2 aliphatic rings. The van der Waals surface area contributed by atoms with Crippen LogP contribution < -0.4 is 20.1 Å². The molecule has 0 saturated heterocycles. The van der Waals surface area contributed by atoms with Crippen molar-refractivity contribution in [3.8, 4) is 22.8 Å². The SMILES string of the molecule is CC(=O)Nc1cccc(-c2cccc(NC(=O)C3(c4ccc5c(c4)OCO5)CC3)n2)c1. The molecule has 1 aromatic heterocycles. The topological polar surface area (TPSA) is 89.6 Å². The van der Waals surface area contributed by atoms with Crippen molar-refractivity contribution in [2.24, 2.45) is 0 Å². The van der Waals surface area contributed by atoms with Crippen molar-refractivity contribution < 1.29 is 19.1 Å². The van der Waals surface area contributed by atoms with Gasteiger partial charge in [-0.2, -0.15) is 0 Å². The largest absolute Gasteiger partial charge is 0.454 e. The first-order chi connectivity index (χ1) is 15.0. The number of carbonyl (C=O) groups is 2. The van der Waals surface area contributed by atoms with Gasteiger partial charge >= 0.3 is 0 Å². The van der Waals surface area contributed by atoms with Crippen molar-refractivity contribution in [2.45, 2.75) is 25.2 Å². The summed E-state index contributed by atoms with van der Waals surface area (Å²) in [4.78, 5) is 29.1. The Balaban J connectivity index is 1.36. The highest BCUT2D eigenvalue weighted by molar-refractivity contribution is 6.01. The van der Waals surface area contributed by atoms with E-state index in [2.05, 4.69) is 15.6 Å². The Hall–Kier alpha value is -3.87. The summed E-state index contributed by atoms with van der Waals surface area (Å²) in [5, 5.41) is 5.75. The van der Waals surface area contributed by atoms with Crippen LogP contribution in [0.15, 0.2) is 60.7 Å². The molecule has 1 aliphatic heterocycles. The normalized spacial score (nSPS) is 15.3. The molecule has 3 aromatic rings. The monoisotopic (exact) mass is 415 g/mol. The molecule has 0 unspecified atom stereocenters. The molecular weight excluding hydrogens is 394 g/mol. The van der Waals surface area contributed by atoms with Crippen LogP contribution in [-0.4, -0.2) is 23.6 Å². The molecule has 0 spiro atoms. The third-order valence-corrected chi connectivity index (χ3v) is 5.58. The van der Waals surface area contributed by atoms with E-state index in [4.69, 9.17) is 9.47 Å². The molecule has 0 radical (unpaired) electrons. The van der Waals surface area contributed by atoms with Crippen LogP contribution in [0.1, 0.15) is 25.3 Å². The second-order valence-electron chi connectivity index (χ2n) is 7.77. The van der Waals surface area contributed by atoms with Gasteiger partial charge in [-0.25, -0.2) is 4.98 Å². The average Bonchev–Trinajstić information content (AvgIpc) is 3.45. The van der Waals surface area contributed by atoms with Gasteiger partial charge in [-0.1, -0.05) is 24.3 Å². The van der Waals surface area contributed by atoms with E-state index in [1.54, 1.807) is 6.07 Å². The van der Waals surface area contributed by atoms with Crippen molar-refractivity contribution in [1.82, 2.24) is 4.98 Å². The fourth-order valence-corrected chi connectivity index (χ4v) is 3.83. The summed E-state index contributed by atoms with van der Waals surface area (Å²) >= 11 is 0. The molecule has 0 atom stereocenters. The molecule has 2 amide bonds. The molecule has 5 rings (SSSR count). The lowest BCUT2D eigenvalue weighted by Gasteiger charge is -2.16. The fourth-order valence-electron chi connectivity index (χ4n) is 3.83. The van der Waals surface area contributed by atoms with Crippen LogP contribution in [0.2, 0.25) is 0 Å². The number of pyridine rings is 1. The van der Waals surface area contributed by atoms with Gasteiger partial charge in [-0.15, -0.1) is 0 Å². The zero-order valence-electron chi connectivity index (χ0n) is 17.0. The summed E-state index contributed by atoms with van der Waals surface area (Å²) in [5.74, 6) is 1.65. The Labute approximate surface area is 179 Å².